The Hall–Kier alpha value is -4.70. The first-order valence-corrected chi connectivity index (χ1v) is 13.6. The molecule has 0 radical (unpaired) electrons. The highest BCUT2D eigenvalue weighted by molar-refractivity contribution is 5.92. The fourth-order valence-corrected chi connectivity index (χ4v) is 3.94. The number of ether oxygens (including phenoxy) is 3. The van der Waals surface area contributed by atoms with Gasteiger partial charge in [0.15, 0.2) is 0 Å². The topological polar surface area (TPSA) is 118 Å². The van der Waals surface area contributed by atoms with Crippen LogP contribution in [-0.4, -0.2) is 37.2 Å². The molecule has 218 valence electrons. The summed E-state index contributed by atoms with van der Waals surface area (Å²) < 4.78 is 16.3. The molecule has 0 fully saturated rings. The maximum absolute atomic E-state index is 12.2. The van der Waals surface area contributed by atoms with E-state index in [-0.39, 0.29) is 32.6 Å². The smallest absolute Gasteiger partial charge is 0.411 e. The van der Waals surface area contributed by atoms with E-state index in [1.807, 2.05) is 78.9 Å². The third kappa shape index (κ3) is 10.7. The van der Waals surface area contributed by atoms with Gasteiger partial charge in [0.25, 0.3) is 0 Å². The van der Waals surface area contributed by atoms with Gasteiger partial charge in [-0.3, -0.25) is 10.1 Å². The molecule has 0 aliphatic heterocycles. The normalized spacial score (nSPS) is 10.6. The van der Waals surface area contributed by atoms with E-state index >= 15 is 0 Å². The number of anilines is 3. The lowest BCUT2D eigenvalue weighted by atomic mass is 10.1. The van der Waals surface area contributed by atoms with Crippen LogP contribution in [-0.2, 0) is 45.1 Å². The molecule has 0 aromatic heterocycles. The lowest BCUT2D eigenvalue weighted by Crippen LogP contribution is -2.14. The van der Waals surface area contributed by atoms with Gasteiger partial charge in [-0.05, 0) is 65.1 Å². The highest BCUT2D eigenvalue weighted by atomic mass is 16.7. The van der Waals surface area contributed by atoms with Crippen LogP contribution in [0.3, 0.4) is 0 Å². The third-order valence-corrected chi connectivity index (χ3v) is 6.23. The average Bonchev–Trinajstić information content (AvgIpc) is 3.02. The highest BCUT2D eigenvalue weighted by Crippen LogP contribution is 2.14. The predicted octanol–water partition coefficient (Wildman–Crippen LogP) is 5.71. The van der Waals surface area contributed by atoms with Gasteiger partial charge >= 0.3 is 6.09 Å². The van der Waals surface area contributed by atoms with Gasteiger partial charge in [0.2, 0.25) is 5.91 Å². The number of aliphatic hydroxyl groups excluding tert-OH is 1. The van der Waals surface area contributed by atoms with Crippen molar-refractivity contribution in [3.63, 3.8) is 0 Å². The first kappa shape index (κ1) is 30.3. The van der Waals surface area contributed by atoms with Gasteiger partial charge < -0.3 is 30.0 Å². The molecule has 0 spiro atoms. The quantitative estimate of drug-likeness (QED) is 0.107. The third-order valence-electron chi connectivity index (χ3n) is 6.23. The lowest BCUT2D eigenvalue weighted by Gasteiger charge is -2.10. The predicted molar refractivity (Wildman–Crippen MR) is 162 cm³/mol. The minimum absolute atomic E-state index is 0.0454. The molecule has 9 nitrogen and oxygen atoms in total. The van der Waals surface area contributed by atoms with Crippen molar-refractivity contribution in [1.82, 2.24) is 0 Å². The summed E-state index contributed by atoms with van der Waals surface area (Å²) in [7, 11) is 0. The zero-order chi connectivity index (χ0) is 29.4. The van der Waals surface area contributed by atoms with Gasteiger partial charge in [-0.25, -0.2) is 4.79 Å². The summed E-state index contributed by atoms with van der Waals surface area (Å²) in [4.78, 5) is 24.2. The maximum atomic E-state index is 12.2. The van der Waals surface area contributed by atoms with Crippen LogP contribution in [0, 0.1) is 0 Å². The number of benzene rings is 4. The van der Waals surface area contributed by atoms with Gasteiger partial charge in [-0.1, -0.05) is 66.7 Å². The summed E-state index contributed by atoms with van der Waals surface area (Å²) in [6.45, 7) is 1.04. The highest BCUT2D eigenvalue weighted by Gasteiger charge is 2.06. The number of carbonyl (C=O) groups excluding carboxylic acids is 2. The van der Waals surface area contributed by atoms with Crippen LogP contribution in [0.5, 0.6) is 0 Å². The minimum Gasteiger partial charge on any atom is -0.444 e. The Balaban J connectivity index is 1.04. The SMILES string of the molecule is O=C(Cc1ccccc1)Nc1ccc(CCOCOCNc2ccc(COC(=O)Nc3ccc(CO)cc3)cc2)cc1. The molecule has 4 aromatic rings. The summed E-state index contributed by atoms with van der Waals surface area (Å²) in [6, 6.07) is 31.7. The van der Waals surface area contributed by atoms with Crippen molar-refractivity contribution in [2.24, 2.45) is 0 Å². The largest absolute Gasteiger partial charge is 0.444 e. The fourth-order valence-electron chi connectivity index (χ4n) is 3.94. The second-order valence-corrected chi connectivity index (χ2v) is 9.46. The molecule has 0 bridgehead atoms. The Morgan fingerprint density at radius 2 is 1.26 bits per heavy atom. The van der Waals surface area contributed by atoms with Crippen molar-refractivity contribution >= 4 is 29.1 Å². The Kier molecular flexibility index (Phi) is 11.9. The van der Waals surface area contributed by atoms with Crippen molar-refractivity contribution in [2.75, 3.05) is 36.1 Å². The number of hydrogen-bond donors (Lipinski definition) is 4. The van der Waals surface area contributed by atoms with Crippen LogP contribution in [0.4, 0.5) is 21.9 Å². The van der Waals surface area contributed by atoms with E-state index in [1.54, 1.807) is 24.3 Å². The molecular weight excluding hydrogens is 534 g/mol. The zero-order valence-electron chi connectivity index (χ0n) is 23.3. The summed E-state index contributed by atoms with van der Waals surface area (Å²) in [5, 5.41) is 17.8. The summed E-state index contributed by atoms with van der Waals surface area (Å²) in [6.07, 6.45) is 0.519. The molecule has 2 amide bonds. The van der Waals surface area contributed by atoms with E-state index in [2.05, 4.69) is 16.0 Å². The van der Waals surface area contributed by atoms with Crippen molar-refractivity contribution in [3.05, 3.63) is 125 Å². The second kappa shape index (κ2) is 16.5. The van der Waals surface area contributed by atoms with Crippen molar-refractivity contribution in [1.29, 1.82) is 0 Å². The standard InChI is InChI=1S/C33H35N3O6/c37-21-27-8-16-31(17-9-27)36-33(39)42-22-28-10-12-29(13-11-28)34-23-41-24-40-19-18-25-6-14-30(15-7-25)35-32(38)20-26-4-2-1-3-5-26/h1-17,34,37H,18-24H2,(H,35,38)(H,36,39). The molecule has 4 N–H and O–H groups in total. The number of carbonyl (C=O) groups is 2. The van der Waals surface area contributed by atoms with Crippen LogP contribution >= 0.6 is 0 Å². The number of amides is 2. The van der Waals surface area contributed by atoms with Crippen LogP contribution in [0.15, 0.2) is 103 Å². The molecule has 0 saturated heterocycles. The van der Waals surface area contributed by atoms with Crippen molar-refractivity contribution < 1.29 is 28.9 Å². The molecule has 0 aliphatic rings. The molecule has 4 rings (SSSR count). The van der Waals surface area contributed by atoms with Gasteiger partial charge in [-0.15, -0.1) is 0 Å². The molecule has 42 heavy (non-hydrogen) atoms. The van der Waals surface area contributed by atoms with Crippen molar-refractivity contribution in [2.45, 2.75) is 26.1 Å². The van der Waals surface area contributed by atoms with Crippen LogP contribution in [0.25, 0.3) is 0 Å². The number of aliphatic hydroxyl groups is 1. The Labute approximate surface area is 245 Å². The molecular formula is C33H35N3O6. The first-order valence-electron chi connectivity index (χ1n) is 13.6. The molecule has 0 aliphatic carbocycles. The Morgan fingerprint density at radius 3 is 1.95 bits per heavy atom. The van der Waals surface area contributed by atoms with E-state index < -0.39 is 6.09 Å². The van der Waals surface area contributed by atoms with Gasteiger partial charge in [-0.2, -0.15) is 0 Å². The van der Waals surface area contributed by atoms with Gasteiger partial charge in [0.1, 0.15) is 20.1 Å². The fraction of sp³-hybridized carbons (Fsp3) is 0.212. The molecule has 0 unspecified atom stereocenters. The Bertz CT molecular complexity index is 1380. The van der Waals surface area contributed by atoms with E-state index in [9.17, 15) is 9.59 Å². The van der Waals surface area contributed by atoms with Gasteiger partial charge in [0.05, 0.1) is 19.6 Å². The lowest BCUT2D eigenvalue weighted by molar-refractivity contribution is -0.115. The monoisotopic (exact) mass is 569 g/mol. The van der Waals surface area contributed by atoms with E-state index in [4.69, 9.17) is 19.3 Å². The Morgan fingerprint density at radius 1 is 0.643 bits per heavy atom. The first-order chi connectivity index (χ1) is 20.6. The molecule has 0 heterocycles. The van der Waals surface area contributed by atoms with E-state index in [1.165, 1.54) is 0 Å². The second-order valence-electron chi connectivity index (χ2n) is 9.46. The van der Waals surface area contributed by atoms with E-state index in [0.29, 0.717) is 18.7 Å². The number of rotatable bonds is 15. The number of hydrogen-bond acceptors (Lipinski definition) is 7. The number of nitrogens with one attached hydrogen (secondary N) is 3. The minimum atomic E-state index is -0.553. The van der Waals surface area contributed by atoms with Crippen molar-refractivity contribution in [3.8, 4) is 0 Å². The average molecular weight is 570 g/mol. The summed E-state index contributed by atoms with van der Waals surface area (Å²) in [5.41, 5.74) is 5.92. The van der Waals surface area contributed by atoms with Crippen LogP contribution in [0.2, 0.25) is 0 Å². The van der Waals surface area contributed by atoms with Crippen LogP contribution < -0.4 is 16.0 Å². The molecule has 0 atom stereocenters. The maximum Gasteiger partial charge on any atom is 0.411 e. The molecule has 4 aromatic carbocycles. The molecule has 0 saturated carbocycles. The summed E-state index contributed by atoms with van der Waals surface area (Å²) >= 11 is 0. The molecule has 9 heteroatoms. The van der Waals surface area contributed by atoms with Gasteiger partial charge in [0, 0.05) is 17.1 Å². The van der Waals surface area contributed by atoms with Crippen LogP contribution in [0.1, 0.15) is 22.3 Å². The zero-order valence-corrected chi connectivity index (χ0v) is 23.3. The van der Waals surface area contributed by atoms with E-state index in [0.717, 1.165) is 40.0 Å². The summed E-state index contributed by atoms with van der Waals surface area (Å²) in [5.74, 6) is -0.0454.